The second kappa shape index (κ2) is 3.28. The molecule has 15 heavy (non-hydrogen) atoms. The predicted octanol–water partition coefficient (Wildman–Crippen LogP) is -1.25. The first-order chi connectivity index (χ1) is 7.36. The van der Waals surface area contributed by atoms with Gasteiger partial charge in [-0.05, 0) is 0 Å². The molecular weight excluding hydrogens is 182 g/mol. The minimum absolute atomic E-state index is 0.484. The third-order valence-electron chi connectivity index (χ3n) is 2.89. The number of fused-ring (bicyclic) bond motifs is 2. The van der Waals surface area contributed by atoms with E-state index >= 15 is 0 Å². The molecule has 2 aromatic rings. The molecule has 1 radical (unpaired) electrons. The van der Waals surface area contributed by atoms with Crippen LogP contribution in [-0.2, 0) is 0 Å². The monoisotopic (exact) mass is 191 g/mol. The summed E-state index contributed by atoms with van der Waals surface area (Å²) >= 11 is 0. The van der Waals surface area contributed by atoms with Gasteiger partial charge in [-0.25, -0.2) is 0 Å². The first-order valence-corrected chi connectivity index (χ1v) is 5.07. The highest BCUT2D eigenvalue weighted by atomic mass is 16.2. The summed E-state index contributed by atoms with van der Waals surface area (Å²) in [5.41, 5.74) is 4.22. The highest BCUT2D eigenvalue weighted by molar-refractivity contribution is 6.93. The largest absolute Gasteiger partial charge is 0.443 e. The fourth-order valence-electron chi connectivity index (χ4n) is 2.12. The van der Waals surface area contributed by atoms with Crippen molar-refractivity contribution in [3.63, 3.8) is 0 Å². The van der Waals surface area contributed by atoms with Gasteiger partial charge in [0.05, 0.1) is 0 Å². The molecule has 0 aliphatic carbocycles. The van der Waals surface area contributed by atoms with Crippen molar-refractivity contribution in [2.75, 3.05) is 0 Å². The molecule has 0 aromatic heterocycles. The van der Waals surface area contributed by atoms with Gasteiger partial charge >= 0.3 is 6.92 Å². The third kappa shape index (κ3) is 1.31. The summed E-state index contributed by atoms with van der Waals surface area (Å²) in [6, 6.07) is 15.9. The third-order valence-corrected chi connectivity index (χ3v) is 2.89. The SMILES string of the molecule is OB1c2ccccc2[B]c2ccccc21. The van der Waals surface area contributed by atoms with Gasteiger partial charge in [-0.3, -0.25) is 0 Å². The van der Waals surface area contributed by atoms with E-state index in [-0.39, 0.29) is 0 Å². The molecule has 3 rings (SSSR count). The maximum atomic E-state index is 10.2. The van der Waals surface area contributed by atoms with Gasteiger partial charge in [0.25, 0.3) is 0 Å². The minimum atomic E-state index is -0.484. The van der Waals surface area contributed by atoms with Crippen molar-refractivity contribution in [2.45, 2.75) is 0 Å². The number of hydrogen-bond acceptors (Lipinski definition) is 1. The van der Waals surface area contributed by atoms with Crippen molar-refractivity contribution in [1.82, 2.24) is 0 Å². The van der Waals surface area contributed by atoms with Crippen molar-refractivity contribution in [2.24, 2.45) is 0 Å². The lowest BCUT2D eigenvalue weighted by molar-refractivity contribution is 0.600. The fourth-order valence-corrected chi connectivity index (χ4v) is 2.12. The molecule has 0 bridgehead atoms. The van der Waals surface area contributed by atoms with Crippen molar-refractivity contribution >= 4 is 36.0 Å². The molecule has 0 spiro atoms. The quantitative estimate of drug-likeness (QED) is 0.516. The Hall–Kier alpha value is -1.47. The zero-order chi connectivity index (χ0) is 10.3. The lowest BCUT2D eigenvalue weighted by atomic mass is 9.40. The zero-order valence-electron chi connectivity index (χ0n) is 8.22. The first-order valence-electron chi connectivity index (χ1n) is 5.07. The Morgan fingerprint density at radius 1 is 0.800 bits per heavy atom. The second-order valence-corrected chi connectivity index (χ2v) is 3.80. The average Bonchev–Trinajstić information content (AvgIpc) is 2.30. The van der Waals surface area contributed by atoms with Crippen LogP contribution in [0.15, 0.2) is 48.5 Å². The molecule has 69 valence electrons. The Kier molecular flexibility index (Phi) is 1.93. The molecule has 0 amide bonds. The summed E-state index contributed by atoms with van der Waals surface area (Å²) in [7, 11) is 2.12. The second-order valence-electron chi connectivity index (χ2n) is 3.80. The van der Waals surface area contributed by atoms with Crippen molar-refractivity contribution in [3.05, 3.63) is 48.5 Å². The van der Waals surface area contributed by atoms with Crippen molar-refractivity contribution in [1.29, 1.82) is 0 Å². The van der Waals surface area contributed by atoms with Crippen LogP contribution in [0.4, 0.5) is 0 Å². The Morgan fingerprint density at radius 3 is 1.80 bits per heavy atom. The van der Waals surface area contributed by atoms with Gasteiger partial charge in [0.1, 0.15) is 0 Å². The lowest BCUT2D eigenvalue weighted by Gasteiger charge is -2.21. The normalized spacial score (nSPS) is 12.7. The molecule has 1 N–H and O–H groups in total. The van der Waals surface area contributed by atoms with E-state index in [9.17, 15) is 5.02 Å². The van der Waals surface area contributed by atoms with E-state index in [0.29, 0.717) is 0 Å². The Balaban J connectivity index is 2.20. The lowest BCUT2D eigenvalue weighted by Crippen LogP contribution is -2.63. The van der Waals surface area contributed by atoms with Crippen LogP contribution in [0.1, 0.15) is 0 Å². The van der Waals surface area contributed by atoms with Crippen LogP contribution in [0.3, 0.4) is 0 Å². The number of rotatable bonds is 0. The standard InChI is InChI=1S/C12H9B2O/c15-14-11-7-3-1-5-9(11)13-10-6-2-4-8-12(10)14/h1-8,15H. The Morgan fingerprint density at radius 2 is 1.27 bits per heavy atom. The topological polar surface area (TPSA) is 20.2 Å². The summed E-state index contributed by atoms with van der Waals surface area (Å²) in [5, 5.41) is 10.2. The molecule has 1 aliphatic heterocycles. The van der Waals surface area contributed by atoms with Crippen molar-refractivity contribution < 1.29 is 5.02 Å². The van der Waals surface area contributed by atoms with E-state index in [1.54, 1.807) is 0 Å². The highest BCUT2D eigenvalue weighted by Crippen LogP contribution is 1.92. The molecule has 2 aromatic carbocycles. The summed E-state index contributed by atoms with van der Waals surface area (Å²) < 4.78 is 0. The molecule has 3 heteroatoms. The van der Waals surface area contributed by atoms with Crippen LogP contribution in [0.5, 0.6) is 0 Å². The zero-order valence-corrected chi connectivity index (χ0v) is 8.22. The van der Waals surface area contributed by atoms with Gasteiger partial charge in [-0.15, -0.1) is 0 Å². The fraction of sp³-hybridized carbons (Fsp3) is 0. The maximum absolute atomic E-state index is 10.2. The number of hydrogen-bond donors (Lipinski definition) is 1. The molecule has 1 aliphatic rings. The van der Waals surface area contributed by atoms with Crippen LogP contribution in [0.25, 0.3) is 0 Å². The van der Waals surface area contributed by atoms with Crippen LogP contribution in [0, 0.1) is 0 Å². The Bertz CT molecular complexity index is 465. The molecule has 1 nitrogen and oxygen atoms in total. The van der Waals surface area contributed by atoms with Crippen LogP contribution in [-0.4, -0.2) is 19.2 Å². The molecule has 1 heterocycles. The first kappa shape index (κ1) is 8.81. The average molecular weight is 191 g/mol. The van der Waals surface area contributed by atoms with E-state index in [0.717, 1.165) is 21.9 Å². The van der Waals surface area contributed by atoms with Gasteiger partial charge in [0, 0.05) is 0 Å². The number of benzene rings is 2. The van der Waals surface area contributed by atoms with E-state index in [4.69, 9.17) is 0 Å². The minimum Gasteiger partial charge on any atom is -0.443 e. The predicted molar refractivity (Wildman–Crippen MR) is 65.1 cm³/mol. The molecular formula is C12H9B2O. The molecule has 0 saturated carbocycles. The summed E-state index contributed by atoms with van der Waals surface area (Å²) in [4.78, 5) is 0. The van der Waals surface area contributed by atoms with E-state index in [1.165, 1.54) is 0 Å². The summed E-state index contributed by atoms with van der Waals surface area (Å²) in [6.45, 7) is -0.484. The molecule has 0 saturated heterocycles. The summed E-state index contributed by atoms with van der Waals surface area (Å²) in [6.07, 6.45) is 0. The van der Waals surface area contributed by atoms with Gasteiger partial charge < -0.3 is 5.02 Å². The van der Waals surface area contributed by atoms with E-state index in [2.05, 4.69) is 7.28 Å². The summed E-state index contributed by atoms with van der Waals surface area (Å²) in [5.74, 6) is 0. The smallest absolute Gasteiger partial charge is 0.357 e. The molecule has 0 fully saturated rings. The highest BCUT2D eigenvalue weighted by Gasteiger charge is 2.27. The molecule has 0 unspecified atom stereocenters. The molecule has 0 atom stereocenters. The van der Waals surface area contributed by atoms with Crippen molar-refractivity contribution in [3.8, 4) is 0 Å². The Labute approximate surface area is 90.1 Å². The van der Waals surface area contributed by atoms with Gasteiger partial charge in [0.2, 0.25) is 0 Å². The van der Waals surface area contributed by atoms with E-state index in [1.807, 2.05) is 48.5 Å². The van der Waals surface area contributed by atoms with Gasteiger partial charge in [-0.1, -0.05) is 70.4 Å². The van der Waals surface area contributed by atoms with E-state index < -0.39 is 6.92 Å². The van der Waals surface area contributed by atoms with Crippen LogP contribution < -0.4 is 21.9 Å². The van der Waals surface area contributed by atoms with Crippen LogP contribution >= 0.6 is 0 Å². The maximum Gasteiger partial charge on any atom is 0.357 e. The van der Waals surface area contributed by atoms with Gasteiger partial charge in [0.15, 0.2) is 7.28 Å². The van der Waals surface area contributed by atoms with Crippen LogP contribution in [0.2, 0.25) is 0 Å². The van der Waals surface area contributed by atoms with Gasteiger partial charge in [-0.2, -0.15) is 0 Å².